The van der Waals surface area contributed by atoms with Crippen LogP contribution in [0.2, 0.25) is 0 Å². The fourth-order valence-electron chi connectivity index (χ4n) is 5.05. The number of hydrogen-bond acceptors (Lipinski definition) is 1. The van der Waals surface area contributed by atoms with Gasteiger partial charge in [0.05, 0.1) is 0 Å². The SMILES string of the molecule is C=Cc1ccccc1C(=C)P(C1=CCCc2ccccc21)N(CC)P(c1ccccc1)c1ccccc1.CC. The Bertz CT molecular complexity index is 1370. The van der Waals surface area contributed by atoms with E-state index in [-0.39, 0.29) is 0 Å². The number of rotatable bonds is 9. The van der Waals surface area contributed by atoms with Crippen LogP contribution in [0.25, 0.3) is 16.7 Å². The van der Waals surface area contributed by atoms with E-state index in [0.717, 1.165) is 24.9 Å². The lowest BCUT2D eigenvalue weighted by molar-refractivity contribution is 0.764. The third-order valence-corrected chi connectivity index (χ3v) is 12.5. The molecule has 1 aliphatic carbocycles. The molecule has 0 saturated carbocycles. The summed E-state index contributed by atoms with van der Waals surface area (Å²) in [6, 6.07) is 39.6. The lowest BCUT2D eigenvalue weighted by Gasteiger charge is -2.41. The molecule has 4 aromatic rings. The minimum absolute atomic E-state index is 0.770. The minimum Gasteiger partial charge on any atom is -0.245 e. The summed E-state index contributed by atoms with van der Waals surface area (Å²) >= 11 is 0. The monoisotopic (exact) mass is 547 g/mol. The van der Waals surface area contributed by atoms with Crippen LogP contribution in [-0.2, 0) is 6.42 Å². The molecule has 0 heterocycles. The first-order chi connectivity index (χ1) is 19.2. The molecule has 0 N–H and O–H groups in total. The second-order valence-electron chi connectivity index (χ2n) is 9.01. The van der Waals surface area contributed by atoms with Crippen molar-refractivity contribution in [2.45, 2.75) is 33.6 Å². The maximum Gasteiger partial charge on any atom is 0.0326 e. The molecule has 0 aliphatic heterocycles. The van der Waals surface area contributed by atoms with Gasteiger partial charge in [0.25, 0.3) is 0 Å². The molecule has 0 aromatic heterocycles. The largest absolute Gasteiger partial charge is 0.245 e. The highest BCUT2D eigenvalue weighted by atomic mass is 31.2. The molecule has 1 nitrogen and oxygen atoms in total. The molecule has 0 fully saturated rings. The van der Waals surface area contributed by atoms with Gasteiger partial charge < -0.3 is 0 Å². The van der Waals surface area contributed by atoms with Gasteiger partial charge in [-0.1, -0.05) is 155 Å². The molecule has 5 rings (SSSR count). The first-order valence-electron chi connectivity index (χ1n) is 13.9. The zero-order valence-corrected chi connectivity index (χ0v) is 25.2. The van der Waals surface area contributed by atoms with Crippen LogP contribution in [0.4, 0.5) is 0 Å². The van der Waals surface area contributed by atoms with E-state index >= 15 is 0 Å². The van der Waals surface area contributed by atoms with Gasteiger partial charge in [0, 0.05) is 22.7 Å². The predicted molar refractivity (Wildman–Crippen MR) is 178 cm³/mol. The normalized spacial score (nSPS) is 13.1. The maximum absolute atomic E-state index is 4.83. The molecule has 0 bridgehead atoms. The third kappa shape index (κ3) is 6.40. The molecule has 4 aromatic carbocycles. The van der Waals surface area contributed by atoms with Crippen molar-refractivity contribution >= 4 is 43.5 Å². The lowest BCUT2D eigenvalue weighted by atomic mass is 9.97. The van der Waals surface area contributed by atoms with Crippen molar-refractivity contribution in [1.82, 2.24) is 4.44 Å². The van der Waals surface area contributed by atoms with Crippen LogP contribution >= 0.6 is 16.1 Å². The Kier molecular flexibility index (Phi) is 10.6. The smallest absolute Gasteiger partial charge is 0.0326 e. The van der Waals surface area contributed by atoms with Crippen molar-refractivity contribution in [1.29, 1.82) is 0 Å². The predicted octanol–water partition coefficient (Wildman–Crippen LogP) is 10.1. The van der Waals surface area contributed by atoms with Gasteiger partial charge in [-0.05, 0) is 56.3 Å². The molecule has 0 amide bonds. The zero-order valence-electron chi connectivity index (χ0n) is 23.4. The zero-order chi connectivity index (χ0) is 27.6. The van der Waals surface area contributed by atoms with E-state index in [2.05, 4.69) is 133 Å². The van der Waals surface area contributed by atoms with E-state index < -0.39 is 16.1 Å². The van der Waals surface area contributed by atoms with E-state index in [4.69, 9.17) is 6.58 Å². The lowest BCUT2D eigenvalue weighted by Crippen LogP contribution is -2.26. The van der Waals surface area contributed by atoms with Crippen molar-refractivity contribution in [3.05, 3.63) is 151 Å². The first kappa shape index (κ1) is 28.9. The molecule has 1 aliphatic rings. The number of aryl methyl sites for hydroxylation is 1. The molecule has 0 radical (unpaired) electrons. The van der Waals surface area contributed by atoms with E-state index in [1.54, 1.807) is 0 Å². The van der Waals surface area contributed by atoms with E-state index in [1.807, 2.05) is 19.9 Å². The van der Waals surface area contributed by atoms with Crippen molar-refractivity contribution in [2.75, 3.05) is 6.54 Å². The standard InChI is InChI=1S/C34H33NP2.C2H6/c1-4-28-17-12-14-24-32(28)27(3)36(34-26-16-19-29-18-13-15-25-33(29)34)35(5-2)37(30-20-8-6-9-21-30)31-22-10-7-11-23-31;1-2/h4,6-15,17-18,20-26H,1,3,5,16,19H2,2H3;1-2H3. The topological polar surface area (TPSA) is 3.24 Å². The second-order valence-corrected chi connectivity index (χ2v) is 13.6. The summed E-state index contributed by atoms with van der Waals surface area (Å²) < 4.78 is 2.76. The van der Waals surface area contributed by atoms with Gasteiger partial charge in [0.1, 0.15) is 0 Å². The van der Waals surface area contributed by atoms with Crippen LogP contribution in [0, 0.1) is 0 Å². The Morgan fingerprint density at radius 3 is 1.97 bits per heavy atom. The second kappa shape index (κ2) is 14.3. The van der Waals surface area contributed by atoms with Gasteiger partial charge in [-0.15, -0.1) is 0 Å². The molecule has 1 atom stereocenters. The van der Waals surface area contributed by atoms with E-state index in [9.17, 15) is 0 Å². The Morgan fingerprint density at radius 2 is 1.36 bits per heavy atom. The summed E-state index contributed by atoms with van der Waals surface area (Å²) in [6.45, 7) is 16.2. The highest BCUT2D eigenvalue weighted by Crippen LogP contribution is 2.69. The molecule has 0 saturated heterocycles. The van der Waals surface area contributed by atoms with E-state index in [1.165, 1.54) is 37.9 Å². The maximum atomic E-state index is 4.83. The van der Waals surface area contributed by atoms with Crippen molar-refractivity contribution in [3.8, 4) is 0 Å². The Labute approximate surface area is 238 Å². The van der Waals surface area contributed by atoms with E-state index in [0.29, 0.717) is 0 Å². The van der Waals surface area contributed by atoms with Gasteiger partial charge in [0.15, 0.2) is 0 Å². The van der Waals surface area contributed by atoms with Crippen LogP contribution in [0.5, 0.6) is 0 Å². The molecular formula is C36H39NP2. The quantitative estimate of drug-likeness (QED) is 0.189. The summed E-state index contributed by atoms with van der Waals surface area (Å²) in [6.07, 6.45) is 6.61. The first-order valence-corrected chi connectivity index (χ1v) is 16.5. The Hall–Kier alpha value is -3.08. The van der Waals surface area contributed by atoms with Gasteiger partial charge in [-0.2, -0.15) is 0 Å². The average molecular weight is 548 g/mol. The van der Waals surface area contributed by atoms with Crippen LogP contribution < -0.4 is 10.6 Å². The fourth-order valence-corrected chi connectivity index (χ4v) is 11.3. The average Bonchev–Trinajstić information content (AvgIpc) is 3.02. The molecule has 198 valence electrons. The van der Waals surface area contributed by atoms with Crippen LogP contribution in [0.15, 0.2) is 128 Å². The number of fused-ring (bicyclic) bond motifs is 1. The molecule has 1 unspecified atom stereocenters. The van der Waals surface area contributed by atoms with Crippen molar-refractivity contribution < 1.29 is 0 Å². The van der Waals surface area contributed by atoms with Gasteiger partial charge in [0.2, 0.25) is 0 Å². The van der Waals surface area contributed by atoms with Crippen LogP contribution in [-0.4, -0.2) is 11.0 Å². The minimum atomic E-state index is -0.894. The number of hydrogen-bond donors (Lipinski definition) is 0. The van der Waals surface area contributed by atoms with Gasteiger partial charge in [-0.3, -0.25) is 0 Å². The molecule has 3 heteroatoms. The van der Waals surface area contributed by atoms with Crippen molar-refractivity contribution in [2.24, 2.45) is 0 Å². The highest BCUT2D eigenvalue weighted by Gasteiger charge is 2.34. The summed E-state index contributed by atoms with van der Waals surface area (Å²) in [5.74, 6) is 0. The fraction of sp³-hybridized carbons (Fsp3) is 0.167. The summed E-state index contributed by atoms with van der Waals surface area (Å²) in [5, 5.41) is 5.36. The number of nitrogens with zero attached hydrogens (tertiary/aromatic N) is 1. The summed E-state index contributed by atoms with van der Waals surface area (Å²) in [5.41, 5.74) is 5.16. The highest BCUT2D eigenvalue weighted by molar-refractivity contribution is 7.87. The summed E-state index contributed by atoms with van der Waals surface area (Å²) in [4.78, 5) is 0. The van der Waals surface area contributed by atoms with Crippen LogP contribution in [0.1, 0.15) is 49.4 Å². The third-order valence-electron chi connectivity index (χ3n) is 6.77. The number of benzene rings is 4. The number of allylic oxidation sites excluding steroid dienone is 1. The Morgan fingerprint density at radius 1 is 0.795 bits per heavy atom. The van der Waals surface area contributed by atoms with Crippen molar-refractivity contribution in [3.63, 3.8) is 0 Å². The Balaban J connectivity index is 0.00000172. The summed E-state index contributed by atoms with van der Waals surface area (Å²) in [7, 11) is -1.66. The molecule has 39 heavy (non-hydrogen) atoms. The molecular weight excluding hydrogens is 508 g/mol. The molecule has 0 spiro atoms. The van der Waals surface area contributed by atoms with Gasteiger partial charge >= 0.3 is 0 Å². The van der Waals surface area contributed by atoms with Crippen LogP contribution in [0.3, 0.4) is 0 Å². The van der Waals surface area contributed by atoms with Gasteiger partial charge in [-0.25, -0.2) is 4.44 Å².